The van der Waals surface area contributed by atoms with Crippen molar-refractivity contribution in [2.45, 2.75) is 71.3 Å². The molecule has 3 nitrogen and oxygen atoms in total. The van der Waals surface area contributed by atoms with Crippen molar-refractivity contribution >= 4 is 11.4 Å². The van der Waals surface area contributed by atoms with Crippen LogP contribution in [0.2, 0.25) is 0 Å². The van der Waals surface area contributed by atoms with Crippen LogP contribution >= 0.6 is 0 Å². The molecular formula is C21H32N2O. The lowest BCUT2D eigenvalue weighted by Gasteiger charge is -2.39. The molecule has 132 valence electrons. The molecule has 3 heteroatoms. The third-order valence-electron chi connectivity index (χ3n) is 6.01. The van der Waals surface area contributed by atoms with Gasteiger partial charge < -0.3 is 4.74 Å². The Bertz CT molecular complexity index is 551. The van der Waals surface area contributed by atoms with Gasteiger partial charge in [-0.15, -0.1) is 0 Å². The predicted molar refractivity (Wildman–Crippen MR) is 102 cm³/mol. The third-order valence-corrected chi connectivity index (χ3v) is 6.01. The summed E-state index contributed by atoms with van der Waals surface area (Å²) in [5.74, 6) is 2.55. The lowest BCUT2D eigenvalue weighted by atomic mass is 9.73. The highest BCUT2D eigenvalue weighted by Crippen LogP contribution is 2.39. The Morgan fingerprint density at radius 2 is 1.79 bits per heavy atom. The van der Waals surface area contributed by atoms with Crippen LogP contribution in [0.25, 0.3) is 0 Å². The summed E-state index contributed by atoms with van der Waals surface area (Å²) in [7, 11) is 1.72. The summed E-state index contributed by atoms with van der Waals surface area (Å²) in [4.78, 5) is 0. The number of hydrogen-bond donors (Lipinski definition) is 0. The van der Waals surface area contributed by atoms with Gasteiger partial charge in [-0.2, -0.15) is 5.10 Å². The standard InChI is InChI=1S/C21H32N2O/c1-4-18-10-7-9-17-8-5-6-11-21(17)16(2)23(22-18)19-12-14-20(24-3)15-13-19/h12-17,21H,4-11H2,1-3H3/b22-18-. The molecule has 0 spiro atoms. The van der Waals surface area contributed by atoms with Crippen molar-refractivity contribution < 1.29 is 4.74 Å². The number of methoxy groups -OCH3 is 1. The van der Waals surface area contributed by atoms with E-state index in [2.05, 4.69) is 31.0 Å². The maximum Gasteiger partial charge on any atom is 0.119 e. The number of nitrogens with zero attached hydrogens (tertiary/aromatic N) is 2. The number of ether oxygens (including phenoxy) is 1. The number of rotatable bonds is 3. The molecule has 1 saturated carbocycles. The molecule has 0 aromatic heterocycles. The smallest absolute Gasteiger partial charge is 0.119 e. The van der Waals surface area contributed by atoms with E-state index in [0.717, 1.165) is 30.4 Å². The molecule has 0 saturated heterocycles. The van der Waals surface area contributed by atoms with Crippen molar-refractivity contribution in [2.24, 2.45) is 16.9 Å². The summed E-state index contributed by atoms with van der Waals surface area (Å²) in [5, 5.41) is 7.43. The van der Waals surface area contributed by atoms with Crippen LogP contribution in [0.3, 0.4) is 0 Å². The van der Waals surface area contributed by atoms with Crippen LogP contribution in [-0.4, -0.2) is 18.9 Å². The SMILES string of the molecule is CC/C1=N/N(c2ccc(OC)cc2)C(C)C2CCCCC2CCC1. The minimum atomic E-state index is 0.461. The topological polar surface area (TPSA) is 24.8 Å². The zero-order valence-corrected chi connectivity index (χ0v) is 15.5. The molecule has 0 bridgehead atoms. The molecule has 0 N–H and O–H groups in total. The summed E-state index contributed by atoms with van der Waals surface area (Å²) in [5.41, 5.74) is 2.54. The zero-order chi connectivity index (χ0) is 16.9. The van der Waals surface area contributed by atoms with E-state index in [9.17, 15) is 0 Å². The first kappa shape index (κ1) is 17.3. The van der Waals surface area contributed by atoms with Gasteiger partial charge >= 0.3 is 0 Å². The Balaban J connectivity index is 1.94. The second kappa shape index (κ2) is 8.04. The van der Waals surface area contributed by atoms with Crippen LogP contribution in [-0.2, 0) is 0 Å². The maximum absolute atomic E-state index is 5.32. The predicted octanol–water partition coefficient (Wildman–Crippen LogP) is 5.65. The number of hydrogen-bond acceptors (Lipinski definition) is 3. The first-order valence-corrected chi connectivity index (χ1v) is 9.72. The number of benzene rings is 1. The Morgan fingerprint density at radius 3 is 2.50 bits per heavy atom. The monoisotopic (exact) mass is 328 g/mol. The van der Waals surface area contributed by atoms with E-state index >= 15 is 0 Å². The summed E-state index contributed by atoms with van der Waals surface area (Å²) in [6, 6.07) is 8.87. The fraction of sp³-hybridized carbons (Fsp3) is 0.667. The van der Waals surface area contributed by atoms with Gasteiger partial charge in [0, 0.05) is 5.71 Å². The molecule has 2 aliphatic rings. The van der Waals surface area contributed by atoms with Crippen LogP contribution in [0.4, 0.5) is 5.69 Å². The van der Waals surface area contributed by atoms with Crippen LogP contribution < -0.4 is 9.75 Å². The molecule has 1 heterocycles. The van der Waals surface area contributed by atoms with Gasteiger partial charge in [0.05, 0.1) is 18.8 Å². The lowest BCUT2D eigenvalue weighted by Crippen LogP contribution is -2.40. The normalized spacial score (nSPS) is 30.4. The van der Waals surface area contributed by atoms with E-state index in [4.69, 9.17) is 9.84 Å². The quantitative estimate of drug-likeness (QED) is 0.716. The van der Waals surface area contributed by atoms with Crippen LogP contribution in [0.1, 0.15) is 65.2 Å². The van der Waals surface area contributed by atoms with Crippen molar-refractivity contribution in [1.82, 2.24) is 0 Å². The number of hydrazone groups is 1. The summed E-state index contributed by atoms with van der Waals surface area (Å²) in [6.45, 7) is 4.62. The molecule has 0 amide bonds. The highest BCUT2D eigenvalue weighted by atomic mass is 16.5. The van der Waals surface area contributed by atoms with E-state index in [-0.39, 0.29) is 0 Å². The molecule has 1 aliphatic carbocycles. The van der Waals surface area contributed by atoms with E-state index in [1.807, 2.05) is 12.1 Å². The minimum absolute atomic E-state index is 0.461. The van der Waals surface area contributed by atoms with Gasteiger partial charge in [-0.1, -0.05) is 26.2 Å². The second-order valence-corrected chi connectivity index (χ2v) is 7.40. The van der Waals surface area contributed by atoms with Crippen molar-refractivity contribution in [2.75, 3.05) is 12.1 Å². The third kappa shape index (κ3) is 3.76. The highest BCUT2D eigenvalue weighted by Gasteiger charge is 2.33. The van der Waals surface area contributed by atoms with Gasteiger partial charge in [0.25, 0.3) is 0 Å². The van der Waals surface area contributed by atoms with E-state index in [1.54, 1.807) is 7.11 Å². The van der Waals surface area contributed by atoms with E-state index < -0.39 is 0 Å². The average Bonchev–Trinajstić information content (AvgIpc) is 2.70. The Labute approximate surface area is 147 Å². The Kier molecular flexibility index (Phi) is 5.80. The molecule has 3 rings (SSSR count). The fourth-order valence-electron chi connectivity index (χ4n) is 4.55. The lowest BCUT2D eigenvalue weighted by molar-refractivity contribution is 0.192. The molecule has 1 aromatic rings. The molecule has 0 radical (unpaired) electrons. The molecular weight excluding hydrogens is 296 g/mol. The summed E-state index contributed by atoms with van der Waals surface area (Å²) in [6.07, 6.45) is 10.4. The highest BCUT2D eigenvalue weighted by molar-refractivity contribution is 5.85. The van der Waals surface area contributed by atoms with Crippen molar-refractivity contribution in [3.63, 3.8) is 0 Å². The van der Waals surface area contributed by atoms with Crippen molar-refractivity contribution in [1.29, 1.82) is 0 Å². The Morgan fingerprint density at radius 1 is 1.08 bits per heavy atom. The van der Waals surface area contributed by atoms with Gasteiger partial charge in [0.1, 0.15) is 5.75 Å². The molecule has 3 unspecified atom stereocenters. The fourth-order valence-corrected chi connectivity index (χ4v) is 4.55. The maximum atomic E-state index is 5.32. The van der Waals surface area contributed by atoms with Gasteiger partial charge in [-0.25, -0.2) is 0 Å². The summed E-state index contributed by atoms with van der Waals surface area (Å²) >= 11 is 0. The molecule has 24 heavy (non-hydrogen) atoms. The van der Waals surface area contributed by atoms with Crippen LogP contribution in [0, 0.1) is 11.8 Å². The molecule has 1 fully saturated rings. The van der Waals surface area contributed by atoms with E-state index in [1.165, 1.54) is 49.9 Å². The molecule has 1 aliphatic heterocycles. The van der Waals surface area contributed by atoms with Crippen LogP contribution in [0.15, 0.2) is 29.4 Å². The van der Waals surface area contributed by atoms with Gasteiger partial charge in [-0.3, -0.25) is 5.01 Å². The second-order valence-electron chi connectivity index (χ2n) is 7.40. The minimum Gasteiger partial charge on any atom is -0.497 e. The first-order valence-electron chi connectivity index (χ1n) is 9.72. The summed E-state index contributed by atoms with van der Waals surface area (Å²) < 4.78 is 5.32. The average molecular weight is 329 g/mol. The zero-order valence-electron chi connectivity index (χ0n) is 15.5. The van der Waals surface area contributed by atoms with Crippen molar-refractivity contribution in [3.05, 3.63) is 24.3 Å². The first-order chi connectivity index (χ1) is 11.7. The number of anilines is 1. The van der Waals surface area contributed by atoms with Crippen molar-refractivity contribution in [3.8, 4) is 5.75 Å². The largest absolute Gasteiger partial charge is 0.497 e. The molecule has 3 atom stereocenters. The van der Waals surface area contributed by atoms with Crippen LogP contribution in [0.5, 0.6) is 5.75 Å². The molecule has 1 aromatic carbocycles. The Hall–Kier alpha value is -1.51. The number of fused-ring (bicyclic) bond motifs is 1. The van der Waals surface area contributed by atoms with Gasteiger partial charge in [0.2, 0.25) is 0 Å². The van der Waals surface area contributed by atoms with Gasteiger partial charge in [0.15, 0.2) is 0 Å². The van der Waals surface area contributed by atoms with Gasteiger partial charge in [-0.05, 0) is 75.1 Å². The van der Waals surface area contributed by atoms with E-state index in [0.29, 0.717) is 6.04 Å².